The summed E-state index contributed by atoms with van der Waals surface area (Å²) in [5.74, 6) is 0.405. The minimum Gasteiger partial charge on any atom is -0.378 e. The van der Waals surface area contributed by atoms with E-state index in [0.717, 1.165) is 65.3 Å². The summed E-state index contributed by atoms with van der Waals surface area (Å²) in [6, 6.07) is 2.13. The molecule has 4 rings (SSSR count). The molecule has 1 saturated heterocycles. The number of thiazole rings is 1. The van der Waals surface area contributed by atoms with Crippen LogP contribution < -0.4 is 4.90 Å². The summed E-state index contributed by atoms with van der Waals surface area (Å²) in [6.45, 7) is 11.6. The normalized spacial score (nSPS) is 16.3. The monoisotopic (exact) mass is 405 g/mol. The number of morpholine rings is 1. The fourth-order valence-electron chi connectivity index (χ4n) is 3.43. The summed E-state index contributed by atoms with van der Waals surface area (Å²) in [5, 5.41) is 6.26. The Morgan fingerprint density at radius 3 is 2.70 bits per heavy atom. The maximum absolute atomic E-state index is 6.57. The van der Waals surface area contributed by atoms with Gasteiger partial charge in [-0.05, 0) is 32.3 Å². The second-order valence-electron chi connectivity index (χ2n) is 7.04. The van der Waals surface area contributed by atoms with Gasteiger partial charge in [-0.1, -0.05) is 36.8 Å². The third-order valence-electron chi connectivity index (χ3n) is 5.12. The smallest absolute Gasteiger partial charge is 0.187 e. The molecule has 27 heavy (non-hydrogen) atoms. The van der Waals surface area contributed by atoms with Crippen LogP contribution in [0.4, 0.5) is 5.13 Å². The van der Waals surface area contributed by atoms with Gasteiger partial charge in [0.15, 0.2) is 10.8 Å². The number of rotatable bonds is 4. The molecule has 1 aliphatic rings. The second-order valence-corrected chi connectivity index (χ2v) is 8.38. The van der Waals surface area contributed by atoms with Crippen LogP contribution in [0.25, 0.3) is 16.1 Å². The molecule has 1 unspecified atom stereocenters. The predicted octanol–water partition coefficient (Wildman–Crippen LogP) is 4.47. The molecule has 0 amide bonds. The molecule has 0 saturated carbocycles. The van der Waals surface area contributed by atoms with Crippen molar-refractivity contribution in [3.8, 4) is 10.4 Å². The second kappa shape index (κ2) is 7.37. The summed E-state index contributed by atoms with van der Waals surface area (Å²) >= 11 is 8.19. The number of halogens is 1. The molecule has 3 aromatic heterocycles. The van der Waals surface area contributed by atoms with Crippen LogP contribution in [0.15, 0.2) is 6.07 Å². The van der Waals surface area contributed by atoms with E-state index in [2.05, 4.69) is 29.8 Å². The van der Waals surface area contributed by atoms with Crippen LogP contribution in [0.5, 0.6) is 0 Å². The van der Waals surface area contributed by atoms with Gasteiger partial charge in [0.25, 0.3) is 0 Å². The lowest BCUT2D eigenvalue weighted by molar-refractivity contribution is 0.122. The lowest BCUT2D eigenvalue weighted by Crippen LogP contribution is -2.36. The van der Waals surface area contributed by atoms with Gasteiger partial charge in [0, 0.05) is 24.5 Å². The Morgan fingerprint density at radius 2 is 2.00 bits per heavy atom. The van der Waals surface area contributed by atoms with Crippen molar-refractivity contribution in [2.45, 2.75) is 40.0 Å². The first-order valence-electron chi connectivity index (χ1n) is 9.35. The molecule has 1 fully saturated rings. The van der Waals surface area contributed by atoms with Crippen LogP contribution in [-0.2, 0) is 4.74 Å². The van der Waals surface area contributed by atoms with E-state index in [1.165, 1.54) is 5.69 Å². The summed E-state index contributed by atoms with van der Waals surface area (Å²) in [7, 11) is 0. The van der Waals surface area contributed by atoms with Gasteiger partial charge < -0.3 is 9.64 Å². The molecule has 0 spiro atoms. The predicted molar refractivity (Wildman–Crippen MR) is 110 cm³/mol. The molecule has 0 aromatic carbocycles. The first kappa shape index (κ1) is 18.7. The van der Waals surface area contributed by atoms with Crippen molar-refractivity contribution < 1.29 is 4.74 Å². The lowest BCUT2D eigenvalue weighted by Gasteiger charge is -2.25. The molecule has 4 heterocycles. The van der Waals surface area contributed by atoms with Crippen molar-refractivity contribution in [3.63, 3.8) is 0 Å². The van der Waals surface area contributed by atoms with Gasteiger partial charge in [0.1, 0.15) is 5.15 Å². The molecule has 0 N–H and O–H groups in total. The summed E-state index contributed by atoms with van der Waals surface area (Å²) < 4.78 is 7.43. The molecular weight excluding hydrogens is 382 g/mol. The Kier molecular flexibility index (Phi) is 5.09. The summed E-state index contributed by atoms with van der Waals surface area (Å²) in [6.07, 6.45) is 1.05. The Labute approximate surface area is 168 Å². The van der Waals surface area contributed by atoms with Crippen molar-refractivity contribution in [1.82, 2.24) is 19.6 Å². The molecule has 6 nitrogen and oxygen atoms in total. The van der Waals surface area contributed by atoms with Crippen molar-refractivity contribution >= 4 is 33.7 Å². The highest BCUT2D eigenvalue weighted by Crippen LogP contribution is 2.41. The zero-order valence-electron chi connectivity index (χ0n) is 16.1. The number of fused-ring (bicyclic) bond motifs is 1. The zero-order valence-corrected chi connectivity index (χ0v) is 17.7. The lowest BCUT2D eigenvalue weighted by atomic mass is 10.0. The molecule has 0 bridgehead atoms. The van der Waals surface area contributed by atoms with Crippen molar-refractivity contribution in [2.24, 2.45) is 0 Å². The van der Waals surface area contributed by atoms with Gasteiger partial charge in [-0.25, -0.2) is 14.5 Å². The Bertz CT molecular complexity index is 976. The molecule has 3 aromatic rings. The number of ether oxygens (including phenoxy) is 1. The van der Waals surface area contributed by atoms with Crippen molar-refractivity contribution in [1.29, 1.82) is 0 Å². The van der Waals surface area contributed by atoms with Crippen molar-refractivity contribution in [2.75, 3.05) is 31.2 Å². The highest BCUT2D eigenvalue weighted by atomic mass is 35.5. The topological polar surface area (TPSA) is 55.5 Å². The van der Waals surface area contributed by atoms with E-state index in [4.69, 9.17) is 26.4 Å². The number of nitrogens with zero attached hydrogens (tertiary/aromatic N) is 5. The van der Waals surface area contributed by atoms with Crippen LogP contribution in [0.2, 0.25) is 5.15 Å². The van der Waals surface area contributed by atoms with Crippen LogP contribution in [-0.4, -0.2) is 45.9 Å². The molecule has 8 heteroatoms. The van der Waals surface area contributed by atoms with Crippen LogP contribution in [0.1, 0.15) is 43.3 Å². The van der Waals surface area contributed by atoms with Gasteiger partial charge in [0.05, 0.1) is 29.3 Å². The largest absolute Gasteiger partial charge is 0.378 e. The summed E-state index contributed by atoms with van der Waals surface area (Å²) in [4.78, 5) is 12.6. The van der Waals surface area contributed by atoms with Gasteiger partial charge >= 0.3 is 0 Å². The van der Waals surface area contributed by atoms with E-state index in [0.29, 0.717) is 11.1 Å². The Balaban J connectivity index is 1.86. The number of hydrogen-bond donors (Lipinski definition) is 0. The van der Waals surface area contributed by atoms with Gasteiger partial charge in [-0.2, -0.15) is 5.10 Å². The van der Waals surface area contributed by atoms with E-state index in [-0.39, 0.29) is 0 Å². The maximum Gasteiger partial charge on any atom is 0.187 e. The molecule has 0 aliphatic carbocycles. The Hall–Kier alpha value is -1.70. The number of aromatic nitrogens is 4. The highest BCUT2D eigenvalue weighted by Gasteiger charge is 2.24. The first-order valence-corrected chi connectivity index (χ1v) is 10.5. The van der Waals surface area contributed by atoms with Gasteiger partial charge in [0.2, 0.25) is 0 Å². The average Bonchev–Trinajstić information content (AvgIpc) is 3.20. The molecular formula is C19H24ClN5OS. The van der Waals surface area contributed by atoms with Gasteiger partial charge in [-0.15, -0.1) is 0 Å². The molecule has 144 valence electrons. The number of aryl methyl sites for hydroxylation is 2. The average molecular weight is 406 g/mol. The van der Waals surface area contributed by atoms with Crippen molar-refractivity contribution in [3.05, 3.63) is 28.3 Å². The van der Waals surface area contributed by atoms with E-state index in [9.17, 15) is 0 Å². The zero-order chi connectivity index (χ0) is 19.1. The summed E-state index contributed by atoms with van der Waals surface area (Å²) in [5.41, 5.74) is 4.96. The van der Waals surface area contributed by atoms with Crippen LogP contribution in [0.3, 0.4) is 0 Å². The quantitative estimate of drug-likeness (QED) is 0.640. The van der Waals surface area contributed by atoms with Crippen LogP contribution >= 0.6 is 22.9 Å². The fraction of sp³-hybridized carbons (Fsp3) is 0.526. The van der Waals surface area contributed by atoms with E-state index in [1.807, 2.05) is 18.4 Å². The third kappa shape index (κ3) is 3.32. The standard InChI is InChI=1S/C19H24ClN5OS/c1-5-11(2)14-10-12(3)21-18-15(13(4)23-25(14)18)16-17(20)22-19(27-16)24-6-8-26-9-7-24/h10-11H,5-9H2,1-4H3. The molecule has 1 atom stereocenters. The fourth-order valence-corrected chi connectivity index (χ4v) is 4.88. The highest BCUT2D eigenvalue weighted by molar-refractivity contribution is 7.19. The van der Waals surface area contributed by atoms with Gasteiger partial charge in [-0.3, -0.25) is 0 Å². The van der Waals surface area contributed by atoms with E-state index >= 15 is 0 Å². The first-order chi connectivity index (χ1) is 13.0. The molecule has 1 aliphatic heterocycles. The SMILES string of the molecule is CCC(C)c1cc(C)nc2c(-c3sc(N4CCOCC4)nc3Cl)c(C)nn12. The Morgan fingerprint density at radius 1 is 1.26 bits per heavy atom. The van der Waals surface area contributed by atoms with Crippen LogP contribution in [0, 0.1) is 13.8 Å². The number of anilines is 1. The third-order valence-corrected chi connectivity index (χ3v) is 6.64. The maximum atomic E-state index is 6.57. The van der Waals surface area contributed by atoms with E-state index in [1.54, 1.807) is 11.3 Å². The minimum absolute atomic E-state index is 0.405. The molecule has 0 radical (unpaired) electrons. The minimum atomic E-state index is 0.405. The number of hydrogen-bond acceptors (Lipinski definition) is 6. The van der Waals surface area contributed by atoms with E-state index < -0.39 is 0 Å².